The molecule has 0 atom stereocenters. The molecule has 0 aliphatic rings. The van der Waals surface area contributed by atoms with Crippen LogP contribution in [0.25, 0.3) is 11.0 Å². The number of para-hydroxylation sites is 2. The SMILES string of the molecule is Nc1ccccc1NC(=O)c1ccc(Cn2c(=O)[nH]c3cc(CNC(=O)c4ccncc4)ccc32)cc1. The second kappa shape index (κ2) is 10.2. The number of anilines is 2. The molecule has 0 unspecified atom stereocenters. The summed E-state index contributed by atoms with van der Waals surface area (Å²) in [6, 6.07) is 23.0. The predicted octanol–water partition coefficient (Wildman–Crippen LogP) is 3.54. The number of aromatic amines is 1. The molecule has 3 aromatic carbocycles. The van der Waals surface area contributed by atoms with Gasteiger partial charge in [0, 0.05) is 30.1 Å². The molecule has 0 aliphatic carbocycles. The van der Waals surface area contributed by atoms with E-state index < -0.39 is 0 Å². The summed E-state index contributed by atoms with van der Waals surface area (Å²) < 4.78 is 1.63. The highest BCUT2D eigenvalue weighted by atomic mass is 16.2. The highest BCUT2D eigenvalue weighted by Crippen LogP contribution is 2.19. The van der Waals surface area contributed by atoms with Gasteiger partial charge in [-0.05, 0) is 59.7 Å². The molecule has 184 valence electrons. The van der Waals surface area contributed by atoms with Crippen molar-refractivity contribution in [2.75, 3.05) is 11.1 Å². The Labute approximate surface area is 212 Å². The molecule has 2 aromatic heterocycles. The molecule has 9 heteroatoms. The predicted molar refractivity (Wildman–Crippen MR) is 142 cm³/mol. The van der Waals surface area contributed by atoms with Gasteiger partial charge in [-0.1, -0.05) is 30.3 Å². The smallest absolute Gasteiger partial charge is 0.326 e. The van der Waals surface area contributed by atoms with Gasteiger partial charge >= 0.3 is 5.69 Å². The number of fused-ring (bicyclic) bond motifs is 1. The van der Waals surface area contributed by atoms with Crippen molar-refractivity contribution in [2.24, 2.45) is 0 Å². The molecule has 9 nitrogen and oxygen atoms in total. The van der Waals surface area contributed by atoms with E-state index in [-0.39, 0.29) is 17.5 Å². The van der Waals surface area contributed by atoms with Crippen LogP contribution in [0.1, 0.15) is 31.8 Å². The van der Waals surface area contributed by atoms with E-state index in [1.165, 1.54) is 0 Å². The van der Waals surface area contributed by atoms with E-state index in [0.717, 1.165) is 16.6 Å². The number of nitrogen functional groups attached to an aromatic ring is 1. The Bertz CT molecular complexity index is 1640. The summed E-state index contributed by atoms with van der Waals surface area (Å²) in [7, 11) is 0. The maximum Gasteiger partial charge on any atom is 0.326 e. The van der Waals surface area contributed by atoms with Crippen LogP contribution >= 0.6 is 0 Å². The number of H-pyrrole nitrogens is 1. The van der Waals surface area contributed by atoms with Gasteiger partial charge in [-0.3, -0.25) is 19.1 Å². The molecule has 37 heavy (non-hydrogen) atoms. The Morgan fingerprint density at radius 3 is 2.32 bits per heavy atom. The van der Waals surface area contributed by atoms with Crippen LogP contribution in [0.3, 0.4) is 0 Å². The molecule has 0 spiro atoms. The van der Waals surface area contributed by atoms with Crippen LogP contribution in [-0.2, 0) is 13.1 Å². The molecule has 0 fully saturated rings. The maximum atomic E-state index is 12.7. The summed E-state index contributed by atoms with van der Waals surface area (Å²) in [6.45, 7) is 0.660. The molecule has 0 saturated carbocycles. The van der Waals surface area contributed by atoms with E-state index in [1.54, 1.807) is 65.5 Å². The number of amides is 2. The average molecular weight is 493 g/mol. The van der Waals surface area contributed by atoms with Crippen molar-refractivity contribution in [1.82, 2.24) is 19.9 Å². The molecule has 5 N–H and O–H groups in total. The first kappa shape index (κ1) is 23.6. The Kier molecular flexibility index (Phi) is 6.50. The fraction of sp³-hybridized carbons (Fsp3) is 0.0714. The van der Waals surface area contributed by atoms with E-state index in [2.05, 4.69) is 20.6 Å². The Morgan fingerprint density at radius 1 is 0.865 bits per heavy atom. The van der Waals surface area contributed by atoms with E-state index >= 15 is 0 Å². The molecule has 2 heterocycles. The first-order chi connectivity index (χ1) is 18.0. The van der Waals surface area contributed by atoms with Crippen LogP contribution in [0.5, 0.6) is 0 Å². The Balaban J connectivity index is 1.27. The minimum Gasteiger partial charge on any atom is -0.397 e. The van der Waals surface area contributed by atoms with Crippen LogP contribution in [0, 0.1) is 0 Å². The van der Waals surface area contributed by atoms with Gasteiger partial charge in [0.15, 0.2) is 0 Å². The second-order valence-electron chi connectivity index (χ2n) is 8.52. The third-order valence-electron chi connectivity index (χ3n) is 6.00. The monoisotopic (exact) mass is 492 g/mol. The highest BCUT2D eigenvalue weighted by molar-refractivity contribution is 6.05. The quantitative estimate of drug-likeness (QED) is 0.258. The summed E-state index contributed by atoms with van der Waals surface area (Å²) >= 11 is 0. The fourth-order valence-corrected chi connectivity index (χ4v) is 4.01. The number of imidazole rings is 1. The van der Waals surface area contributed by atoms with E-state index in [9.17, 15) is 14.4 Å². The first-order valence-corrected chi connectivity index (χ1v) is 11.6. The van der Waals surface area contributed by atoms with Crippen LogP contribution in [-0.4, -0.2) is 26.3 Å². The maximum absolute atomic E-state index is 12.7. The molecule has 0 saturated heterocycles. The van der Waals surface area contributed by atoms with Gasteiger partial charge in [-0.2, -0.15) is 0 Å². The minimum atomic E-state index is -0.266. The number of nitrogens with zero attached hydrogens (tertiary/aromatic N) is 2. The van der Waals surface area contributed by atoms with Gasteiger partial charge in [0.25, 0.3) is 11.8 Å². The number of carbonyl (C=O) groups excluding carboxylic acids is 2. The van der Waals surface area contributed by atoms with E-state index in [4.69, 9.17) is 5.73 Å². The zero-order chi connectivity index (χ0) is 25.8. The fourth-order valence-electron chi connectivity index (χ4n) is 4.01. The highest BCUT2D eigenvalue weighted by Gasteiger charge is 2.11. The molecule has 0 aliphatic heterocycles. The van der Waals surface area contributed by atoms with Crippen molar-refractivity contribution in [3.05, 3.63) is 124 Å². The van der Waals surface area contributed by atoms with Crippen molar-refractivity contribution >= 4 is 34.2 Å². The summed E-state index contributed by atoms with van der Waals surface area (Å²) in [6.07, 6.45) is 3.13. The van der Waals surface area contributed by atoms with E-state index in [1.807, 2.05) is 30.3 Å². The Morgan fingerprint density at radius 2 is 1.57 bits per heavy atom. The molecule has 0 radical (unpaired) electrons. The zero-order valence-corrected chi connectivity index (χ0v) is 19.8. The number of carbonyl (C=O) groups is 2. The van der Waals surface area contributed by atoms with E-state index in [0.29, 0.717) is 41.1 Å². The summed E-state index contributed by atoms with van der Waals surface area (Å²) in [5.41, 5.74) is 10.9. The van der Waals surface area contributed by atoms with Crippen LogP contribution in [0.2, 0.25) is 0 Å². The van der Waals surface area contributed by atoms with Crippen molar-refractivity contribution < 1.29 is 9.59 Å². The number of hydrogen-bond donors (Lipinski definition) is 4. The number of hydrogen-bond acceptors (Lipinski definition) is 5. The van der Waals surface area contributed by atoms with Crippen LogP contribution in [0.4, 0.5) is 11.4 Å². The molecule has 5 aromatic rings. The van der Waals surface area contributed by atoms with Gasteiger partial charge in [-0.25, -0.2) is 4.79 Å². The largest absolute Gasteiger partial charge is 0.397 e. The van der Waals surface area contributed by atoms with Crippen LogP contribution < -0.4 is 22.1 Å². The normalized spacial score (nSPS) is 10.8. The summed E-state index contributed by atoms with van der Waals surface area (Å²) in [5, 5.41) is 5.67. The van der Waals surface area contributed by atoms with Gasteiger partial charge < -0.3 is 21.4 Å². The molecule has 0 bridgehead atoms. The van der Waals surface area contributed by atoms with Crippen molar-refractivity contribution in [2.45, 2.75) is 13.1 Å². The lowest BCUT2D eigenvalue weighted by Gasteiger charge is -2.09. The van der Waals surface area contributed by atoms with Gasteiger partial charge in [0.2, 0.25) is 0 Å². The van der Waals surface area contributed by atoms with Crippen LogP contribution in [0.15, 0.2) is 96.1 Å². The average Bonchev–Trinajstić information content (AvgIpc) is 3.23. The number of nitrogens with one attached hydrogen (secondary N) is 3. The Hall–Kier alpha value is -5.18. The second-order valence-corrected chi connectivity index (χ2v) is 8.52. The molecule has 2 amide bonds. The third-order valence-corrected chi connectivity index (χ3v) is 6.00. The van der Waals surface area contributed by atoms with Crippen molar-refractivity contribution in [3.63, 3.8) is 0 Å². The lowest BCUT2D eigenvalue weighted by Crippen LogP contribution is -2.22. The standard InChI is InChI=1S/C28H24N6O3/c29-22-3-1-2-4-23(22)32-27(36)20-8-5-18(6-9-20)17-34-25-10-7-19(15-24(25)33-28(34)37)16-31-26(35)21-11-13-30-14-12-21/h1-15H,16-17,29H2,(H,31,35)(H,32,36)(H,33,37). The lowest BCUT2D eigenvalue weighted by molar-refractivity contribution is 0.0950. The topological polar surface area (TPSA) is 135 Å². The number of rotatable bonds is 7. The number of nitrogens with two attached hydrogens (primary N) is 1. The number of pyridine rings is 1. The minimum absolute atomic E-state index is 0.196. The first-order valence-electron chi connectivity index (χ1n) is 11.6. The van der Waals surface area contributed by atoms with Gasteiger partial charge in [0.1, 0.15) is 0 Å². The lowest BCUT2D eigenvalue weighted by atomic mass is 10.1. The van der Waals surface area contributed by atoms with Gasteiger partial charge in [0.05, 0.1) is 29.0 Å². The summed E-state index contributed by atoms with van der Waals surface area (Å²) in [5.74, 6) is -0.463. The summed E-state index contributed by atoms with van der Waals surface area (Å²) in [4.78, 5) is 44.3. The zero-order valence-electron chi connectivity index (χ0n) is 19.8. The van der Waals surface area contributed by atoms with Crippen molar-refractivity contribution in [3.8, 4) is 0 Å². The number of aromatic nitrogens is 3. The van der Waals surface area contributed by atoms with Gasteiger partial charge in [-0.15, -0.1) is 0 Å². The third kappa shape index (κ3) is 5.25. The molecular weight excluding hydrogens is 468 g/mol. The molecular formula is C28H24N6O3. The van der Waals surface area contributed by atoms with Crippen molar-refractivity contribution in [1.29, 1.82) is 0 Å². The molecule has 5 rings (SSSR count). The number of benzene rings is 3.